The maximum absolute atomic E-state index is 11.4. The van der Waals surface area contributed by atoms with Gasteiger partial charge in [-0.25, -0.2) is 13.1 Å². The van der Waals surface area contributed by atoms with E-state index in [9.17, 15) is 8.42 Å². The Hall–Kier alpha value is 0.260. The first-order valence-electron chi connectivity index (χ1n) is 7.03. The lowest BCUT2D eigenvalue weighted by molar-refractivity contribution is 0.365. The molecule has 1 heterocycles. The van der Waals surface area contributed by atoms with E-state index in [1.165, 1.54) is 6.26 Å². The van der Waals surface area contributed by atoms with Crippen molar-refractivity contribution in [2.75, 3.05) is 38.7 Å². The van der Waals surface area contributed by atoms with Gasteiger partial charge in [-0.15, -0.1) is 24.0 Å². The highest BCUT2D eigenvalue weighted by Crippen LogP contribution is 2.29. The van der Waals surface area contributed by atoms with Crippen LogP contribution in [0.1, 0.15) is 27.7 Å². The molecular formula is C13H29IN4O2S2. The molecule has 0 amide bonds. The molecule has 1 rings (SSSR count). The summed E-state index contributed by atoms with van der Waals surface area (Å²) in [5, 5.41) is 3.28. The smallest absolute Gasteiger partial charge is 0.209 e. The molecule has 0 aromatic heterocycles. The molecule has 6 nitrogen and oxygen atoms in total. The fraction of sp³-hybridized carbons (Fsp3) is 0.923. The summed E-state index contributed by atoms with van der Waals surface area (Å²) < 4.78 is 25.6. The molecule has 0 saturated carbocycles. The maximum atomic E-state index is 11.4. The van der Waals surface area contributed by atoms with E-state index in [2.05, 4.69) is 33.8 Å². The number of nitrogens with zero attached hydrogens (tertiary/aromatic N) is 2. The Morgan fingerprint density at radius 1 is 1.41 bits per heavy atom. The minimum absolute atomic E-state index is 0. The van der Waals surface area contributed by atoms with Crippen LogP contribution >= 0.6 is 35.7 Å². The largest absolute Gasteiger partial charge is 0.354 e. The Morgan fingerprint density at radius 3 is 2.45 bits per heavy atom. The predicted octanol–water partition coefficient (Wildman–Crippen LogP) is 1.33. The molecule has 0 aliphatic carbocycles. The lowest BCUT2D eigenvalue weighted by Gasteiger charge is -2.40. The normalized spacial score (nSPS) is 19.5. The molecule has 2 N–H and O–H groups in total. The second kappa shape index (κ2) is 8.39. The molecule has 9 heteroatoms. The van der Waals surface area contributed by atoms with Crippen LogP contribution in [0.4, 0.5) is 0 Å². The first kappa shape index (κ1) is 22.3. The van der Waals surface area contributed by atoms with Crippen LogP contribution in [0.2, 0.25) is 0 Å². The van der Waals surface area contributed by atoms with E-state index in [4.69, 9.17) is 0 Å². The number of hydrogen-bond donors (Lipinski definition) is 2. The summed E-state index contributed by atoms with van der Waals surface area (Å²) in [4.78, 5) is 6.55. The van der Waals surface area contributed by atoms with Crippen molar-refractivity contribution in [2.24, 2.45) is 4.99 Å². The number of guanidine groups is 1. The summed E-state index contributed by atoms with van der Waals surface area (Å²) in [6, 6.07) is 0. The van der Waals surface area contributed by atoms with Crippen LogP contribution in [-0.4, -0.2) is 68.3 Å². The molecule has 1 saturated heterocycles. The lowest BCUT2D eigenvalue weighted by atomic mass is 10.1. The molecule has 132 valence electrons. The molecule has 0 aromatic rings. The van der Waals surface area contributed by atoms with Gasteiger partial charge < -0.3 is 10.2 Å². The first-order chi connectivity index (χ1) is 9.44. The second-order valence-corrected chi connectivity index (χ2v) is 10.2. The van der Waals surface area contributed by atoms with Crippen LogP contribution in [0.25, 0.3) is 0 Å². The minimum atomic E-state index is -3.23. The average Bonchev–Trinajstić information content (AvgIpc) is 2.25. The van der Waals surface area contributed by atoms with E-state index in [1.807, 2.05) is 25.6 Å². The maximum Gasteiger partial charge on any atom is 0.209 e. The van der Waals surface area contributed by atoms with Gasteiger partial charge in [0, 0.05) is 42.7 Å². The van der Waals surface area contributed by atoms with Crippen molar-refractivity contribution in [3.8, 4) is 0 Å². The Balaban J connectivity index is 0.00000441. The van der Waals surface area contributed by atoms with E-state index in [0.29, 0.717) is 6.54 Å². The number of sulfonamides is 1. The fourth-order valence-electron chi connectivity index (χ4n) is 2.37. The van der Waals surface area contributed by atoms with E-state index < -0.39 is 15.6 Å². The SMILES string of the molecule is CN=C(NCC(C)(C)NS(C)(=O)=O)N1CCSC(C)(C)C1.I. The summed E-state index contributed by atoms with van der Waals surface area (Å²) in [5.41, 5.74) is -0.566. The van der Waals surface area contributed by atoms with Crippen molar-refractivity contribution in [3.63, 3.8) is 0 Å². The van der Waals surface area contributed by atoms with Crippen molar-refractivity contribution in [3.05, 3.63) is 0 Å². The monoisotopic (exact) mass is 464 g/mol. The van der Waals surface area contributed by atoms with Gasteiger partial charge in [0.15, 0.2) is 5.96 Å². The third-order valence-corrected chi connectivity index (χ3v) is 5.31. The van der Waals surface area contributed by atoms with Gasteiger partial charge in [-0.2, -0.15) is 11.8 Å². The van der Waals surface area contributed by atoms with Crippen LogP contribution in [-0.2, 0) is 10.0 Å². The number of nitrogens with one attached hydrogen (secondary N) is 2. The average molecular weight is 464 g/mol. The Kier molecular flexibility index (Phi) is 8.48. The summed E-state index contributed by atoms with van der Waals surface area (Å²) in [6.45, 7) is 10.5. The third-order valence-electron chi connectivity index (χ3n) is 3.09. The first-order valence-corrected chi connectivity index (χ1v) is 9.90. The van der Waals surface area contributed by atoms with E-state index in [-0.39, 0.29) is 28.7 Å². The zero-order valence-corrected chi connectivity index (χ0v) is 18.2. The fourth-order valence-corrected chi connectivity index (χ4v) is 4.55. The molecular weight excluding hydrogens is 435 g/mol. The van der Waals surface area contributed by atoms with Crippen molar-refractivity contribution in [2.45, 2.75) is 38.0 Å². The molecule has 1 fully saturated rings. The Bertz CT molecular complexity index is 492. The van der Waals surface area contributed by atoms with Gasteiger partial charge in [0.1, 0.15) is 0 Å². The molecule has 0 aromatic carbocycles. The van der Waals surface area contributed by atoms with E-state index >= 15 is 0 Å². The lowest BCUT2D eigenvalue weighted by Crippen LogP contribution is -2.56. The van der Waals surface area contributed by atoms with Gasteiger partial charge in [-0.1, -0.05) is 0 Å². The van der Waals surface area contributed by atoms with E-state index in [0.717, 1.165) is 24.8 Å². The van der Waals surface area contributed by atoms with Crippen molar-refractivity contribution < 1.29 is 8.42 Å². The number of thioether (sulfide) groups is 1. The van der Waals surface area contributed by atoms with Gasteiger partial charge >= 0.3 is 0 Å². The number of aliphatic imine (C=N–C) groups is 1. The number of rotatable bonds is 4. The molecule has 0 radical (unpaired) electrons. The van der Waals surface area contributed by atoms with Gasteiger partial charge in [0.2, 0.25) is 10.0 Å². The predicted molar refractivity (Wildman–Crippen MR) is 107 cm³/mol. The molecule has 0 bridgehead atoms. The van der Waals surface area contributed by atoms with Gasteiger partial charge in [-0.05, 0) is 27.7 Å². The quantitative estimate of drug-likeness (QED) is 0.373. The van der Waals surface area contributed by atoms with Crippen LogP contribution in [0.3, 0.4) is 0 Å². The van der Waals surface area contributed by atoms with Gasteiger partial charge in [0.25, 0.3) is 0 Å². The third kappa shape index (κ3) is 8.21. The van der Waals surface area contributed by atoms with Crippen LogP contribution in [0.5, 0.6) is 0 Å². The molecule has 22 heavy (non-hydrogen) atoms. The van der Waals surface area contributed by atoms with Gasteiger partial charge in [-0.3, -0.25) is 4.99 Å². The highest BCUT2D eigenvalue weighted by Gasteiger charge is 2.29. The Labute approximate surface area is 156 Å². The number of halogens is 1. The van der Waals surface area contributed by atoms with Crippen LogP contribution in [0, 0.1) is 0 Å². The van der Waals surface area contributed by atoms with Crippen LogP contribution < -0.4 is 10.0 Å². The highest BCUT2D eigenvalue weighted by atomic mass is 127. The van der Waals surface area contributed by atoms with Crippen LogP contribution in [0.15, 0.2) is 4.99 Å². The zero-order valence-electron chi connectivity index (χ0n) is 14.3. The van der Waals surface area contributed by atoms with Crippen molar-refractivity contribution in [1.82, 2.24) is 14.9 Å². The summed E-state index contributed by atoms with van der Waals surface area (Å²) in [5.74, 6) is 1.89. The Morgan fingerprint density at radius 2 is 2.00 bits per heavy atom. The topological polar surface area (TPSA) is 73.8 Å². The highest BCUT2D eigenvalue weighted by molar-refractivity contribution is 14.0. The van der Waals surface area contributed by atoms with Crippen molar-refractivity contribution >= 4 is 51.7 Å². The minimum Gasteiger partial charge on any atom is -0.354 e. The standard InChI is InChI=1S/C13H28N4O2S2.HI/c1-12(2,16-21(6,18)19)9-15-11(14-5)17-7-8-20-13(3,4)10-17;/h16H,7-10H2,1-6H3,(H,14,15);1H. The molecule has 0 unspecified atom stereocenters. The number of hydrogen-bond acceptors (Lipinski definition) is 4. The molecule has 0 atom stereocenters. The van der Waals surface area contributed by atoms with Crippen molar-refractivity contribution in [1.29, 1.82) is 0 Å². The van der Waals surface area contributed by atoms with E-state index in [1.54, 1.807) is 7.05 Å². The second-order valence-electron chi connectivity index (χ2n) is 6.69. The van der Waals surface area contributed by atoms with Gasteiger partial charge in [0.05, 0.1) is 6.26 Å². The summed E-state index contributed by atoms with van der Waals surface area (Å²) in [7, 11) is -1.47. The summed E-state index contributed by atoms with van der Waals surface area (Å²) in [6.07, 6.45) is 1.17. The molecule has 1 aliphatic heterocycles. The zero-order chi connectivity index (χ0) is 16.3. The summed E-state index contributed by atoms with van der Waals surface area (Å²) >= 11 is 1.97. The molecule has 0 spiro atoms. The molecule has 1 aliphatic rings.